The third-order valence-electron chi connectivity index (χ3n) is 5.62. The molecule has 5 heterocycles. The highest BCUT2D eigenvalue weighted by molar-refractivity contribution is 7.17. The lowest BCUT2D eigenvalue weighted by Gasteiger charge is -2.37. The van der Waals surface area contributed by atoms with Crippen LogP contribution < -0.4 is 5.56 Å². The van der Waals surface area contributed by atoms with E-state index in [1.807, 2.05) is 23.3 Å². The molecule has 3 aromatic rings. The maximum absolute atomic E-state index is 13.1. The molecule has 0 bridgehead atoms. The van der Waals surface area contributed by atoms with E-state index in [1.165, 1.54) is 22.4 Å². The maximum Gasteiger partial charge on any atom is 0.270 e. The van der Waals surface area contributed by atoms with E-state index in [0.29, 0.717) is 33.5 Å². The minimum absolute atomic E-state index is 0.00394. The number of H-pyrrole nitrogens is 1. The Morgan fingerprint density at radius 2 is 2.22 bits per heavy atom. The first-order valence-corrected chi connectivity index (χ1v) is 10.1. The summed E-state index contributed by atoms with van der Waals surface area (Å²) in [7, 11) is 0. The zero-order valence-corrected chi connectivity index (χ0v) is 15.8. The van der Waals surface area contributed by atoms with Crippen molar-refractivity contribution in [1.82, 2.24) is 29.5 Å². The molecule has 0 spiro atoms. The lowest BCUT2D eigenvalue weighted by molar-refractivity contribution is 0.0570. The number of piperazine rings is 1. The standard InChI is InChI=1S/C18H20N6O2S/c1-11-13(17(26)23-7-6-22-5-2-3-12(22)10-23)9-19-24(11)18-20-14-4-8-27-15(14)16(25)21-18/h4,8-9,12H,2-3,5-7,10H2,1H3,(H,20,21,25)/t12-/m1/s1. The number of aromatic amines is 1. The lowest BCUT2D eigenvalue weighted by Crippen LogP contribution is -2.52. The van der Waals surface area contributed by atoms with Gasteiger partial charge in [0.1, 0.15) is 4.70 Å². The van der Waals surface area contributed by atoms with Gasteiger partial charge in [-0.2, -0.15) is 5.10 Å². The summed E-state index contributed by atoms with van der Waals surface area (Å²) in [5.74, 6) is 0.340. The quantitative estimate of drug-likeness (QED) is 0.722. The van der Waals surface area contributed by atoms with Gasteiger partial charge in [-0.1, -0.05) is 0 Å². The molecule has 2 aliphatic rings. The van der Waals surface area contributed by atoms with Crippen LogP contribution in [0.25, 0.3) is 16.2 Å². The smallest absolute Gasteiger partial charge is 0.270 e. The molecule has 1 atom stereocenters. The van der Waals surface area contributed by atoms with Gasteiger partial charge in [0.2, 0.25) is 5.95 Å². The van der Waals surface area contributed by atoms with E-state index >= 15 is 0 Å². The van der Waals surface area contributed by atoms with E-state index in [-0.39, 0.29) is 11.5 Å². The van der Waals surface area contributed by atoms with E-state index in [0.717, 1.165) is 32.6 Å². The van der Waals surface area contributed by atoms with Crippen LogP contribution in [0.4, 0.5) is 0 Å². The molecule has 2 aliphatic heterocycles. The molecule has 27 heavy (non-hydrogen) atoms. The second kappa shape index (κ2) is 6.28. The molecule has 3 aromatic heterocycles. The zero-order valence-electron chi connectivity index (χ0n) is 15.0. The van der Waals surface area contributed by atoms with Crippen molar-refractivity contribution in [3.63, 3.8) is 0 Å². The number of carbonyl (C=O) groups is 1. The first-order chi connectivity index (χ1) is 13.1. The van der Waals surface area contributed by atoms with Crippen molar-refractivity contribution in [3.8, 4) is 5.95 Å². The maximum atomic E-state index is 13.1. The fourth-order valence-corrected chi connectivity index (χ4v) is 4.87. The Balaban J connectivity index is 1.45. The van der Waals surface area contributed by atoms with Gasteiger partial charge in [-0.3, -0.25) is 19.5 Å². The number of fused-ring (bicyclic) bond motifs is 2. The van der Waals surface area contributed by atoms with Crippen LogP contribution in [0, 0.1) is 6.92 Å². The summed E-state index contributed by atoms with van der Waals surface area (Å²) in [6, 6.07) is 2.29. The number of carbonyl (C=O) groups excluding carboxylic acids is 1. The van der Waals surface area contributed by atoms with Crippen LogP contribution in [0.1, 0.15) is 28.9 Å². The van der Waals surface area contributed by atoms with E-state index in [2.05, 4.69) is 20.0 Å². The van der Waals surface area contributed by atoms with Crippen molar-refractivity contribution in [2.75, 3.05) is 26.2 Å². The highest BCUT2D eigenvalue weighted by Crippen LogP contribution is 2.23. The number of hydrogen-bond donors (Lipinski definition) is 1. The van der Waals surface area contributed by atoms with Gasteiger partial charge < -0.3 is 4.90 Å². The van der Waals surface area contributed by atoms with Gasteiger partial charge in [0.25, 0.3) is 11.5 Å². The molecule has 0 aromatic carbocycles. The van der Waals surface area contributed by atoms with E-state index in [9.17, 15) is 9.59 Å². The summed E-state index contributed by atoms with van der Waals surface area (Å²) in [6.45, 7) is 5.44. The molecule has 1 amide bonds. The number of aromatic nitrogens is 4. The van der Waals surface area contributed by atoms with Gasteiger partial charge in [0, 0.05) is 25.7 Å². The number of hydrogen-bond acceptors (Lipinski definition) is 6. The number of amides is 1. The number of nitrogens with zero attached hydrogens (tertiary/aromatic N) is 5. The molecule has 9 heteroatoms. The first kappa shape index (κ1) is 16.6. The summed E-state index contributed by atoms with van der Waals surface area (Å²) in [5, 5.41) is 6.17. The van der Waals surface area contributed by atoms with E-state index in [1.54, 1.807) is 6.20 Å². The highest BCUT2D eigenvalue weighted by Gasteiger charge is 2.33. The van der Waals surface area contributed by atoms with E-state index < -0.39 is 0 Å². The third kappa shape index (κ3) is 2.69. The molecule has 2 saturated heterocycles. The minimum Gasteiger partial charge on any atom is -0.336 e. The van der Waals surface area contributed by atoms with Crippen LogP contribution in [0.3, 0.4) is 0 Å². The van der Waals surface area contributed by atoms with Crippen LogP contribution in [0.15, 0.2) is 22.4 Å². The van der Waals surface area contributed by atoms with Crippen molar-refractivity contribution < 1.29 is 4.79 Å². The SMILES string of the molecule is Cc1c(C(=O)N2CCN3CCC[C@@H]3C2)cnn1-c1nc2ccsc2c(=O)[nH]1. The van der Waals surface area contributed by atoms with Crippen molar-refractivity contribution in [2.45, 2.75) is 25.8 Å². The zero-order chi connectivity index (χ0) is 18.5. The van der Waals surface area contributed by atoms with Gasteiger partial charge in [0.05, 0.1) is 23.0 Å². The van der Waals surface area contributed by atoms with Crippen LogP contribution >= 0.6 is 11.3 Å². The van der Waals surface area contributed by atoms with Gasteiger partial charge in [0.15, 0.2) is 0 Å². The summed E-state index contributed by atoms with van der Waals surface area (Å²) in [5.41, 5.74) is 1.70. The van der Waals surface area contributed by atoms with Crippen molar-refractivity contribution in [1.29, 1.82) is 0 Å². The molecule has 2 fully saturated rings. The molecule has 0 radical (unpaired) electrons. The Labute approximate surface area is 159 Å². The molecule has 0 saturated carbocycles. The second-order valence-electron chi connectivity index (χ2n) is 7.16. The van der Waals surface area contributed by atoms with Crippen LogP contribution in [0.2, 0.25) is 0 Å². The lowest BCUT2D eigenvalue weighted by atomic mass is 10.1. The number of rotatable bonds is 2. The fraction of sp³-hybridized carbons (Fsp3) is 0.444. The topological polar surface area (TPSA) is 87.1 Å². The largest absolute Gasteiger partial charge is 0.336 e. The Morgan fingerprint density at radius 1 is 1.33 bits per heavy atom. The Hall–Kier alpha value is -2.52. The van der Waals surface area contributed by atoms with E-state index in [4.69, 9.17) is 0 Å². The molecular formula is C18H20N6O2S. The summed E-state index contributed by atoms with van der Waals surface area (Å²) in [6.07, 6.45) is 3.96. The average molecular weight is 384 g/mol. The van der Waals surface area contributed by atoms with Gasteiger partial charge >= 0.3 is 0 Å². The Kier molecular flexibility index (Phi) is 3.87. The van der Waals surface area contributed by atoms with Crippen molar-refractivity contribution >= 4 is 27.5 Å². The Bertz CT molecular complexity index is 1080. The monoisotopic (exact) mass is 384 g/mol. The summed E-state index contributed by atoms with van der Waals surface area (Å²) >= 11 is 1.36. The predicted molar refractivity (Wildman–Crippen MR) is 103 cm³/mol. The van der Waals surface area contributed by atoms with Gasteiger partial charge in [-0.15, -0.1) is 11.3 Å². The molecule has 0 aliphatic carbocycles. The van der Waals surface area contributed by atoms with Gasteiger partial charge in [-0.05, 0) is 37.8 Å². The molecule has 0 unspecified atom stereocenters. The summed E-state index contributed by atoms with van der Waals surface area (Å²) < 4.78 is 2.13. The average Bonchev–Trinajstić information content (AvgIpc) is 3.39. The summed E-state index contributed by atoms with van der Waals surface area (Å²) in [4.78, 5) is 36.9. The molecule has 1 N–H and O–H groups in total. The second-order valence-corrected chi connectivity index (χ2v) is 8.08. The number of thiophene rings is 1. The normalized spacial score (nSPS) is 20.3. The molecule has 5 rings (SSSR count). The minimum atomic E-state index is -0.190. The molecule has 8 nitrogen and oxygen atoms in total. The fourth-order valence-electron chi connectivity index (χ4n) is 4.14. The van der Waals surface area contributed by atoms with Crippen molar-refractivity contribution in [3.05, 3.63) is 39.3 Å². The number of nitrogens with one attached hydrogen (secondary N) is 1. The van der Waals surface area contributed by atoms with Crippen LogP contribution in [-0.4, -0.2) is 67.7 Å². The van der Waals surface area contributed by atoms with Crippen LogP contribution in [-0.2, 0) is 0 Å². The van der Waals surface area contributed by atoms with Crippen molar-refractivity contribution in [2.24, 2.45) is 0 Å². The highest BCUT2D eigenvalue weighted by atomic mass is 32.1. The Morgan fingerprint density at radius 3 is 3.11 bits per heavy atom. The first-order valence-electron chi connectivity index (χ1n) is 9.17. The third-order valence-corrected chi connectivity index (χ3v) is 6.52. The molecular weight excluding hydrogens is 364 g/mol. The van der Waals surface area contributed by atoms with Gasteiger partial charge in [-0.25, -0.2) is 9.67 Å². The predicted octanol–water partition coefficient (Wildman–Crippen LogP) is 1.40. The molecule has 140 valence electrons. The van der Waals surface area contributed by atoms with Crippen LogP contribution in [0.5, 0.6) is 0 Å².